The van der Waals surface area contributed by atoms with Crippen LogP contribution >= 0.6 is 12.2 Å². The first-order valence-corrected chi connectivity index (χ1v) is 6.60. The highest BCUT2D eigenvalue weighted by atomic mass is 32.1. The fourth-order valence-electron chi connectivity index (χ4n) is 1.94. The highest BCUT2D eigenvalue weighted by Crippen LogP contribution is 2.23. The maximum atomic E-state index is 5.56. The van der Waals surface area contributed by atoms with Crippen molar-refractivity contribution in [3.8, 4) is 0 Å². The van der Waals surface area contributed by atoms with Crippen LogP contribution in [0.3, 0.4) is 0 Å². The molecule has 1 aromatic carbocycles. The van der Waals surface area contributed by atoms with Gasteiger partial charge in [-0.05, 0) is 48.3 Å². The van der Waals surface area contributed by atoms with E-state index in [0.29, 0.717) is 5.11 Å². The van der Waals surface area contributed by atoms with Gasteiger partial charge < -0.3 is 15.1 Å². The summed E-state index contributed by atoms with van der Waals surface area (Å²) in [5.41, 5.74) is 3.52. The van der Waals surface area contributed by atoms with Gasteiger partial charge in [0.1, 0.15) is 5.58 Å². The predicted molar refractivity (Wildman–Crippen MR) is 79.0 cm³/mol. The maximum Gasteiger partial charge on any atom is 0.166 e. The van der Waals surface area contributed by atoms with Crippen LogP contribution in [0.2, 0.25) is 0 Å². The molecule has 0 atom stereocenters. The fourth-order valence-corrected chi connectivity index (χ4v) is 2.04. The first-order valence-electron chi connectivity index (χ1n) is 6.19. The van der Waals surface area contributed by atoms with Gasteiger partial charge in [-0.25, -0.2) is 0 Å². The van der Waals surface area contributed by atoms with Crippen LogP contribution < -0.4 is 10.6 Å². The molecule has 0 aliphatic heterocycles. The Kier molecular flexibility index (Phi) is 4.20. The van der Waals surface area contributed by atoms with Gasteiger partial charge in [-0.1, -0.05) is 13.0 Å². The standard InChI is InChI=1S/C14H18N2OS/c1-3-10-4-5-13-12(8-10)11(9-17-13)6-7-16-14(18)15-2/h4-5,8-9H,3,6-7H2,1-2H3,(H2,15,16,18). The van der Waals surface area contributed by atoms with Gasteiger partial charge in [0.25, 0.3) is 0 Å². The van der Waals surface area contributed by atoms with E-state index in [1.807, 2.05) is 19.4 Å². The van der Waals surface area contributed by atoms with Gasteiger partial charge in [0.2, 0.25) is 0 Å². The molecule has 0 bridgehead atoms. The Morgan fingerprint density at radius 1 is 1.39 bits per heavy atom. The van der Waals surface area contributed by atoms with Crippen molar-refractivity contribution in [3.05, 3.63) is 35.6 Å². The summed E-state index contributed by atoms with van der Waals surface area (Å²) in [5, 5.41) is 7.93. The van der Waals surface area contributed by atoms with E-state index in [4.69, 9.17) is 16.6 Å². The minimum atomic E-state index is 0.678. The Morgan fingerprint density at radius 3 is 2.94 bits per heavy atom. The topological polar surface area (TPSA) is 37.2 Å². The molecule has 0 unspecified atom stereocenters. The molecule has 0 saturated heterocycles. The van der Waals surface area contributed by atoms with Crippen LogP contribution in [0, 0.1) is 0 Å². The maximum absolute atomic E-state index is 5.56. The van der Waals surface area contributed by atoms with E-state index in [1.165, 1.54) is 16.5 Å². The summed E-state index contributed by atoms with van der Waals surface area (Å²) in [6, 6.07) is 6.37. The molecule has 0 fully saturated rings. The lowest BCUT2D eigenvalue weighted by molar-refractivity contribution is 0.609. The van der Waals surface area contributed by atoms with E-state index in [2.05, 4.69) is 29.7 Å². The van der Waals surface area contributed by atoms with Gasteiger partial charge in [0.15, 0.2) is 5.11 Å². The molecule has 0 saturated carbocycles. The number of nitrogens with one attached hydrogen (secondary N) is 2. The summed E-state index contributed by atoms with van der Waals surface area (Å²) in [6.45, 7) is 2.97. The second-order valence-corrected chi connectivity index (χ2v) is 4.61. The Labute approximate surface area is 113 Å². The molecule has 0 amide bonds. The zero-order valence-corrected chi connectivity index (χ0v) is 11.6. The van der Waals surface area contributed by atoms with Crippen LogP contribution in [0.1, 0.15) is 18.1 Å². The third kappa shape index (κ3) is 2.82. The molecule has 2 N–H and O–H groups in total. The number of hydrogen-bond acceptors (Lipinski definition) is 2. The molecule has 3 nitrogen and oxygen atoms in total. The number of aryl methyl sites for hydroxylation is 1. The lowest BCUT2D eigenvalue weighted by Gasteiger charge is -2.05. The quantitative estimate of drug-likeness (QED) is 0.831. The number of furan rings is 1. The van der Waals surface area contributed by atoms with Gasteiger partial charge >= 0.3 is 0 Å². The van der Waals surface area contributed by atoms with Gasteiger partial charge in [0.05, 0.1) is 6.26 Å². The fraction of sp³-hybridized carbons (Fsp3) is 0.357. The summed E-state index contributed by atoms with van der Waals surface area (Å²) in [6.07, 6.45) is 3.79. The van der Waals surface area contributed by atoms with E-state index in [9.17, 15) is 0 Å². The molecular formula is C14H18N2OS. The van der Waals surface area contributed by atoms with E-state index >= 15 is 0 Å². The molecule has 0 radical (unpaired) electrons. The van der Waals surface area contributed by atoms with Crippen molar-refractivity contribution >= 4 is 28.3 Å². The highest BCUT2D eigenvalue weighted by molar-refractivity contribution is 7.80. The Hall–Kier alpha value is -1.55. The van der Waals surface area contributed by atoms with Crippen molar-refractivity contribution in [2.45, 2.75) is 19.8 Å². The summed E-state index contributed by atoms with van der Waals surface area (Å²) < 4.78 is 5.56. The zero-order chi connectivity index (χ0) is 13.0. The number of thiocarbonyl (C=S) groups is 1. The van der Waals surface area contributed by atoms with Crippen LogP contribution in [0.25, 0.3) is 11.0 Å². The van der Waals surface area contributed by atoms with E-state index in [-0.39, 0.29) is 0 Å². The summed E-state index contributed by atoms with van der Waals surface area (Å²) in [4.78, 5) is 0. The largest absolute Gasteiger partial charge is 0.464 e. The molecule has 1 aromatic heterocycles. The van der Waals surface area contributed by atoms with E-state index in [1.54, 1.807) is 0 Å². The number of fused-ring (bicyclic) bond motifs is 1. The minimum Gasteiger partial charge on any atom is -0.464 e. The normalized spacial score (nSPS) is 10.6. The Bertz CT molecular complexity index is 548. The highest BCUT2D eigenvalue weighted by Gasteiger charge is 2.06. The molecule has 96 valence electrons. The van der Waals surface area contributed by atoms with Crippen LogP contribution in [0.4, 0.5) is 0 Å². The summed E-state index contributed by atoms with van der Waals surface area (Å²) in [7, 11) is 1.82. The Balaban J connectivity index is 2.10. The van der Waals surface area contributed by atoms with E-state index in [0.717, 1.165) is 25.0 Å². The van der Waals surface area contributed by atoms with Crippen molar-refractivity contribution in [3.63, 3.8) is 0 Å². The van der Waals surface area contributed by atoms with Crippen molar-refractivity contribution in [2.75, 3.05) is 13.6 Å². The lowest BCUT2D eigenvalue weighted by atomic mass is 10.1. The van der Waals surface area contributed by atoms with Crippen LogP contribution in [-0.2, 0) is 12.8 Å². The molecule has 18 heavy (non-hydrogen) atoms. The number of hydrogen-bond donors (Lipinski definition) is 2. The van der Waals surface area contributed by atoms with Crippen molar-refractivity contribution < 1.29 is 4.42 Å². The minimum absolute atomic E-state index is 0.678. The first-order chi connectivity index (χ1) is 8.74. The molecule has 0 aliphatic rings. The van der Waals surface area contributed by atoms with Crippen LogP contribution in [0.15, 0.2) is 28.9 Å². The molecule has 0 spiro atoms. The van der Waals surface area contributed by atoms with Gasteiger partial charge in [-0.15, -0.1) is 0 Å². The third-order valence-electron chi connectivity index (χ3n) is 3.03. The first kappa shape index (κ1) is 12.9. The summed E-state index contributed by atoms with van der Waals surface area (Å²) >= 11 is 5.04. The Morgan fingerprint density at radius 2 is 2.22 bits per heavy atom. The van der Waals surface area contributed by atoms with Crippen LogP contribution in [0.5, 0.6) is 0 Å². The smallest absolute Gasteiger partial charge is 0.166 e. The van der Waals surface area contributed by atoms with E-state index < -0.39 is 0 Å². The van der Waals surface area contributed by atoms with Crippen molar-refractivity contribution in [2.24, 2.45) is 0 Å². The van der Waals surface area contributed by atoms with Gasteiger partial charge in [-0.2, -0.15) is 0 Å². The molecular weight excluding hydrogens is 244 g/mol. The monoisotopic (exact) mass is 262 g/mol. The third-order valence-corrected chi connectivity index (χ3v) is 3.38. The molecule has 2 aromatic rings. The molecule has 0 aliphatic carbocycles. The average molecular weight is 262 g/mol. The predicted octanol–water partition coefficient (Wildman–Crippen LogP) is 2.63. The van der Waals surface area contributed by atoms with Crippen LogP contribution in [-0.4, -0.2) is 18.7 Å². The molecule has 4 heteroatoms. The second-order valence-electron chi connectivity index (χ2n) is 4.20. The summed E-state index contributed by atoms with van der Waals surface area (Å²) in [5.74, 6) is 0. The zero-order valence-electron chi connectivity index (χ0n) is 10.7. The SMILES string of the molecule is CCc1ccc2occ(CCNC(=S)NC)c2c1. The number of benzene rings is 1. The second kappa shape index (κ2) is 5.87. The van der Waals surface area contributed by atoms with Gasteiger partial charge in [0, 0.05) is 19.0 Å². The van der Waals surface area contributed by atoms with Crippen molar-refractivity contribution in [1.82, 2.24) is 10.6 Å². The molecule has 1 heterocycles. The van der Waals surface area contributed by atoms with Gasteiger partial charge in [-0.3, -0.25) is 0 Å². The average Bonchev–Trinajstić information content (AvgIpc) is 2.81. The molecule has 2 rings (SSSR count). The van der Waals surface area contributed by atoms with Crippen molar-refractivity contribution in [1.29, 1.82) is 0 Å². The number of rotatable bonds is 4. The lowest BCUT2D eigenvalue weighted by Crippen LogP contribution is -2.33.